The van der Waals surface area contributed by atoms with Crippen molar-refractivity contribution in [1.82, 2.24) is 4.90 Å². The summed E-state index contributed by atoms with van der Waals surface area (Å²) < 4.78 is 5.82. The molecule has 1 aromatic carbocycles. The zero-order valence-corrected chi connectivity index (χ0v) is 16.0. The van der Waals surface area contributed by atoms with Crippen molar-refractivity contribution in [2.24, 2.45) is 5.92 Å². The molecule has 2 amide bonds. The van der Waals surface area contributed by atoms with E-state index < -0.39 is 0 Å². The summed E-state index contributed by atoms with van der Waals surface area (Å²) in [7, 11) is 0. The van der Waals surface area contributed by atoms with Gasteiger partial charge in [0.2, 0.25) is 5.91 Å². The maximum Gasteiger partial charge on any atom is 0.261 e. The number of rotatable bonds is 7. The lowest BCUT2D eigenvalue weighted by atomic mass is 10.1. The van der Waals surface area contributed by atoms with Gasteiger partial charge in [-0.05, 0) is 50.7 Å². The number of hydrogen-bond acceptors (Lipinski definition) is 3. The first-order chi connectivity index (χ1) is 13.2. The summed E-state index contributed by atoms with van der Waals surface area (Å²) in [6.45, 7) is 0.0764. The monoisotopic (exact) mass is 370 g/mol. The lowest BCUT2D eigenvalue weighted by Gasteiger charge is -2.34. The Hall–Kier alpha value is -2.04. The molecule has 3 fully saturated rings. The molecule has 0 atom stereocenters. The molecule has 0 unspecified atom stereocenters. The molecule has 0 radical (unpaired) electrons. The van der Waals surface area contributed by atoms with Crippen molar-refractivity contribution in [3.8, 4) is 5.75 Å². The van der Waals surface area contributed by atoms with Gasteiger partial charge < -0.3 is 15.0 Å². The van der Waals surface area contributed by atoms with Crippen molar-refractivity contribution in [2.45, 2.75) is 76.3 Å². The third-order valence-corrected chi connectivity index (χ3v) is 6.14. The third-order valence-electron chi connectivity index (χ3n) is 6.14. The number of carbonyl (C=O) groups is 2. The molecule has 27 heavy (non-hydrogen) atoms. The molecule has 0 aliphatic heterocycles. The number of hydrogen-bond donors (Lipinski definition) is 1. The summed E-state index contributed by atoms with van der Waals surface area (Å²) in [4.78, 5) is 27.1. The van der Waals surface area contributed by atoms with Gasteiger partial charge in [-0.2, -0.15) is 0 Å². The second kappa shape index (κ2) is 8.32. The first kappa shape index (κ1) is 18.3. The molecule has 3 aliphatic carbocycles. The number of ether oxygens (including phenoxy) is 1. The number of nitrogens with one attached hydrogen (secondary N) is 1. The van der Waals surface area contributed by atoms with Gasteiger partial charge in [-0.15, -0.1) is 0 Å². The highest BCUT2D eigenvalue weighted by atomic mass is 16.5. The Morgan fingerprint density at radius 1 is 0.963 bits per heavy atom. The van der Waals surface area contributed by atoms with Crippen LogP contribution in [0.4, 0.5) is 5.69 Å². The van der Waals surface area contributed by atoms with Crippen LogP contribution in [-0.2, 0) is 9.59 Å². The van der Waals surface area contributed by atoms with Gasteiger partial charge in [0.15, 0.2) is 6.61 Å². The van der Waals surface area contributed by atoms with Crippen molar-refractivity contribution in [3.05, 3.63) is 24.3 Å². The van der Waals surface area contributed by atoms with Gasteiger partial charge in [-0.25, -0.2) is 0 Å². The lowest BCUT2D eigenvalue weighted by molar-refractivity contribution is -0.138. The first-order valence-corrected chi connectivity index (χ1v) is 10.6. The maximum atomic E-state index is 13.0. The van der Waals surface area contributed by atoms with Crippen LogP contribution < -0.4 is 10.1 Å². The Balaban J connectivity index is 1.36. The van der Waals surface area contributed by atoms with Crippen LogP contribution in [0.15, 0.2) is 24.3 Å². The highest BCUT2D eigenvalue weighted by Gasteiger charge is 2.34. The van der Waals surface area contributed by atoms with Gasteiger partial charge in [-0.1, -0.05) is 31.7 Å². The molecule has 4 rings (SSSR count). The van der Waals surface area contributed by atoms with E-state index >= 15 is 0 Å². The summed E-state index contributed by atoms with van der Waals surface area (Å²) in [5, 5.41) is 2.93. The highest BCUT2D eigenvalue weighted by Crippen LogP contribution is 2.32. The molecular weight excluding hydrogens is 340 g/mol. The molecule has 0 spiro atoms. The zero-order valence-electron chi connectivity index (χ0n) is 16.0. The number of anilines is 1. The van der Waals surface area contributed by atoms with Crippen LogP contribution in [-0.4, -0.2) is 35.4 Å². The lowest BCUT2D eigenvalue weighted by Crippen LogP contribution is -2.47. The van der Waals surface area contributed by atoms with E-state index in [2.05, 4.69) is 10.2 Å². The van der Waals surface area contributed by atoms with E-state index in [-0.39, 0.29) is 24.3 Å². The maximum absolute atomic E-state index is 13.0. The van der Waals surface area contributed by atoms with Crippen LogP contribution in [0.3, 0.4) is 0 Å². The van der Waals surface area contributed by atoms with E-state index in [9.17, 15) is 9.59 Å². The predicted octanol–water partition coefficient (Wildman–Crippen LogP) is 4.13. The van der Waals surface area contributed by atoms with Crippen LogP contribution in [0.2, 0.25) is 0 Å². The Labute approximate surface area is 161 Å². The van der Waals surface area contributed by atoms with Crippen molar-refractivity contribution in [3.63, 3.8) is 0 Å². The molecule has 146 valence electrons. The van der Waals surface area contributed by atoms with E-state index in [0.29, 0.717) is 17.8 Å². The average molecular weight is 370 g/mol. The minimum atomic E-state index is 0.0764. The summed E-state index contributed by atoms with van der Waals surface area (Å²) in [5.74, 6) is 0.996. The Bertz CT molecular complexity index is 658. The van der Waals surface area contributed by atoms with Crippen molar-refractivity contribution >= 4 is 17.5 Å². The minimum absolute atomic E-state index is 0.0764. The standard InChI is InChI=1S/C22H30N2O3/c25-21(24(18-7-1-2-8-18)19-9-3-4-10-19)15-27-20-11-5-6-17(14-20)23-22(26)16-12-13-16/h5-6,11,14,16,18-19H,1-4,7-10,12-13,15H2,(H,23,26). The normalized spacial score (nSPS) is 20.6. The number of amides is 2. The molecule has 5 heteroatoms. The van der Waals surface area contributed by atoms with E-state index in [1.165, 1.54) is 25.7 Å². The van der Waals surface area contributed by atoms with E-state index in [4.69, 9.17) is 4.74 Å². The molecule has 1 N–H and O–H groups in total. The largest absolute Gasteiger partial charge is 0.484 e. The van der Waals surface area contributed by atoms with Crippen LogP contribution >= 0.6 is 0 Å². The number of carbonyl (C=O) groups excluding carboxylic acids is 2. The molecule has 1 aromatic rings. The summed E-state index contributed by atoms with van der Waals surface area (Å²) in [6.07, 6.45) is 11.4. The van der Waals surface area contributed by atoms with Gasteiger partial charge in [0.25, 0.3) is 5.91 Å². The second-order valence-corrected chi connectivity index (χ2v) is 8.26. The second-order valence-electron chi connectivity index (χ2n) is 8.26. The van der Waals surface area contributed by atoms with Gasteiger partial charge >= 0.3 is 0 Å². The number of benzene rings is 1. The average Bonchev–Trinajstić information content (AvgIpc) is 3.14. The van der Waals surface area contributed by atoms with Gasteiger partial charge in [0, 0.05) is 29.8 Å². The summed E-state index contributed by atoms with van der Waals surface area (Å²) >= 11 is 0. The first-order valence-electron chi connectivity index (χ1n) is 10.6. The highest BCUT2D eigenvalue weighted by molar-refractivity contribution is 5.94. The number of nitrogens with zero attached hydrogens (tertiary/aromatic N) is 1. The Kier molecular flexibility index (Phi) is 5.65. The van der Waals surface area contributed by atoms with E-state index in [1.807, 2.05) is 24.3 Å². The van der Waals surface area contributed by atoms with Gasteiger partial charge in [0.05, 0.1) is 0 Å². The predicted molar refractivity (Wildman–Crippen MR) is 105 cm³/mol. The topological polar surface area (TPSA) is 58.6 Å². The minimum Gasteiger partial charge on any atom is -0.484 e. The SMILES string of the molecule is O=C(Nc1cccc(OCC(=O)N(C2CCCC2)C2CCCC2)c1)C1CC1. The fourth-order valence-electron chi connectivity index (χ4n) is 4.54. The van der Waals surface area contributed by atoms with E-state index in [0.717, 1.165) is 44.2 Å². The molecule has 0 aromatic heterocycles. The zero-order chi connectivity index (χ0) is 18.6. The Morgan fingerprint density at radius 2 is 1.59 bits per heavy atom. The molecule has 0 heterocycles. The Morgan fingerprint density at radius 3 is 2.19 bits per heavy atom. The molecule has 0 bridgehead atoms. The molecule has 0 saturated heterocycles. The van der Waals surface area contributed by atoms with Gasteiger partial charge in [0.1, 0.15) is 5.75 Å². The third kappa shape index (κ3) is 4.63. The molecular formula is C22H30N2O3. The van der Waals surface area contributed by atoms with Crippen LogP contribution in [0.5, 0.6) is 5.75 Å². The molecule has 3 aliphatic rings. The van der Waals surface area contributed by atoms with Gasteiger partial charge in [-0.3, -0.25) is 9.59 Å². The quantitative estimate of drug-likeness (QED) is 0.785. The summed E-state index contributed by atoms with van der Waals surface area (Å²) in [6, 6.07) is 8.16. The van der Waals surface area contributed by atoms with E-state index in [1.54, 1.807) is 0 Å². The smallest absolute Gasteiger partial charge is 0.261 e. The van der Waals surface area contributed by atoms with Crippen LogP contribution in [0.1, 0.15) is 64.2 Å². The van der Waals surface area contributed by atoms with Crippen molar-refractivity contribution in [2.75, 3.05) is 11.9 Å². The van der Waals surface area contributed by atoms with Crippen LogP contribution in [0.25, 0.3) is 0 Å². The van der Waals surface area contributed by atoms with Crippen molar-refractivity contribution in [1.29, 1.82) is 0 Å². The van der Waals surface area contributed by atoms with Crippen LogP contribution in [0, 0.1) is 5.92 Å². The van der Waals surface area contributed by atoms with Crippen molar-refractivity contribution < 1.29 is 14.3 Å². The fourth-order valence-corrected chi connectivity index (χ4v) is 4.54. The molecule has 3 saturated carbocycles. The molecule has 5 nitrogen and oxygen atoms in total. The summed E-state index contributed by atoms with van der Waals surface area (Å²) in [5.41, 5.74) is 0.736. The fraction of sp³-hybridized carbons (Fsp3) is 0.636.